The maximum Gasteiger partial charge on any atom is 0.270 e. The molecule has 0 aliphatic carbocycles. The molecule has 4 aromatic rings. The minimum Gasteiger partial charge on any atom is -0.338 e. The van der Waals surface area contributed by atoms with Gasteiger partial charge in [0, 0.05) is 12.8 Å². The molecule has 2 aromatic carbocycles. The third kappa shape index (κ3) is 8.11. The lowest BCUT2D eigenvalue weighted by Crippen LogP contribution is -2.48. The van der Waals surface area contributed by atoms with E-state index in [1.165, 1.54) is 18.2 Å². The van der Waals surface area contributed by atoms with Crippen molar-refractivity contribution < 1.29 is 19.2 Å². The fourth-order valence-corrected chi connectivity index (χ4v) is 4.66. The molecule has 0 spiro atoms. The molecule has 0 saturated carbocycles. The molecule has 2 aromatic heterocycles. The fraction of sp³-hybridized carbons (Fsp3) is 0.176. The predicted octanol–water partition coefficient (Wildman–Crippen LogP) is 2.55. The van der Waals surface area contributed by atoms with Gasteiger partial charge in [-0.3, -0.25) is 19.2 Å². The number of hydrogen-bond donors (Lipinski definition) is 4. The molecule has 12 heteroatoms. The van der Waals surface area contributed by atoms with E-state index in [0.29, 0.717) is 22.8 Å². The Bertz CT molecular complexity index is 1680. The van der Waals surface area contributed by atoms with Crippen LogP contribution in [0.2, 0.25) is 0 Å². The van der Waals surface area contributed by atoms with Gasteiger partial charge in [0.15, 0.2) is 0 Å². The van der Waals surface area contributed by atoms with Gasteiger partial charge in [-0.1, -0.05) is 72.8 Å². The molecule has 0 saturated heterocycles. The van der Waals surface area contributed by atoms with Crippen LogP contribution in [0.5, 0.6) is 0 Å². The molecule has 12 nitrogen and oxygen atoms in total. The summed E-state index contributed by atoms with van der Waals surface area (Å²) in [6.07, 6.45) is 0.347. The Kier molecular flexibility index (Phi) is 9.98. The molecule has 0 unspecified atom stereocenters. The smallest absolute Gasteiger partial charge is 0.270 e. The highest BCUT2D eigenvalue weighted by Gasteiger charge is 2.26. The van der Waals surface area contributed by atoms with Crippen molar-refractivity contribution in [2.24, 2.45) is 10.2 Å². The van der Waals surface area contributed by atoms with Gasteiger partial charge in [0.2, 0.25) is 0 Å². The number of nitrogens with one attached hydrogen (secondary N) is 4. The van der Waals surface area contributed by atoms with Crippen molar-refractivity contribution in [3.05, 3.63) is 131 Å². The molecule has 4 bridgehead atoms. The van der Waals surface area contributed by atoms with E-state index in [9.17, 15) is 19.2 Å². The molecule has 232 valence electrons. The number of pyridine rings is 2. The second-order valence-electron chi connectivity index (χ2n) is 10.6. The zero-order valence-corrected chi connectivity index (χ0v) is 25.2. The normalized spacial score (nSPS) is 20.0. The summed E-state index contributed by atoms with van der Waals surface area (Å²) in [5.41, 5.74) is 8.26. The summed E-state index contributed by atoms with van der Waals surface area (Å²) >= 11 is 0. The number of hydrazone groups is 2. The van der Waals surface area contributed by atoms with Gasteiger partial charge in [0.25, 0.3) is 23.6 Å². The number of fused-ring (bicyclic) bond motifs is 4. The van der Waals surface area contributed by atoms with Crippen molar-refractivity contribution in [1.29, 1.82) is 0 Å². The summed E-state index contributed by atoms with van der Waals surface area (Å²) in [4.78, 5) is 62.3. The monoisotopic (exact) mass is 616 g/mol. The highest BCUT2D eigenvalue weighted by Crippen LogP contribution is 2.09. The number of nitrogens with zero attached hydrogens (tertiary/aromatic N) is 4. The van der Waals surface area contributed by atoms with Crippen LogP contribution >= 0.6 is 0 Å². The number of benzene rings is 2. The third-order valence-electron chi connectivity index (χ3n) is 7.18. The average molecular weight is 617 g/mol. The lowest BCUT2D eigenvalue weighted by molar-refractivity contribution is -0.123. The van der Waals surface area contributed by atoms with Crippen LogP contribution in [0.25, 0.3) is 0 Å². The Labute approximate surface area is 265 Å². The van der Waals surface area contributed by atoms with Crippen molar-refractivity contribution >= 4 is 35.1 Å². The average Bonchev–Trinajstić information content (AvgIpc) is 3.09. The van der Waals surface area contributed by atoms with Gasteiger partial charge in [-0.05, 0) is 49.2 Å². The zero-order valence-electron chi connectivity index (χ0n) is 25.2. The van der Waals surface area contributed by atoms with E-state index >= 15 is 0 Å². The minimum absolute atomic E-state index is 0.0853. The van der Waals surface area contributed by atoms with E-state index in [-0.39, 0.29) is 24.2 Å². The third-order valence-corrected chi connectivity index (χ3v) is 7.18. The van der Waals surface area contributed by atoms with Gasteiger partial charge in [0.1, 0.15) is 23.5 Å². The van der Waals surface area contributed by atoms with Crippen LogP contribution < -0.4 is 21.5 Å². The minimum atomic E-state index is -1.02. The molecular formula is C34H32N8O4. The van der Waals surface area contributed by atoms with Crippen LogP contribution in [-0.4, -0.2) is 57.1 Å². The van der Waals surface area contributed by atoms with Crippen LogP contribution in [0.3, 0.4) is 0 Å². The summed E-state index contributed by atoms with van der Waals surface area (Å²) in [6, 6.07) is 25.9. The first-order valence-corrected chi connectivity index (χ1v) is 14.6. The van der Waals surface area contributed by atoms with Crippen molar-refractivity contribution in [2.45, 2.75) is 38.8 Å². The van der Waals surface area contributed by atoms with Crippen LogP contribution in [0.1, 0.15) is 57.3 Å². The second-order valence-corrected chi connectivity index (χ2v) is 10.6. The van der Waals surface area contributed by atoms with Gasteiger partial charge < -0.3 is 10.6 Å². The molecule has 3 heterocycles. The molecular weight excluding hydrogens is 584 g/mol. The highest BCUT2D eigenvalue weighted by atomic mass is 16.2. The largest absolute Gasteiger partial charge is 0.338 e. The molecule has 1 aliphatic heterocycles. The summed E-state index contributed by atoms with van der Waals surface area (Å²) in [6.45, 7) is 3.37. The number of amides is 4. The van der Waals surface area contributed by atoms with Crippen LogP contribution in [0, 0.1) is 0 Å². The van der Waals surface area contributed by atoms with E-state index in [2.05, 4.69) is 41.7 Å². The van der Waals surface area contributed by atoms with Crippen molar-refractivity contribution in [3.8, 4) is 0 Å². The van der Waals surface area contributed by atoms with E-state index in [4.69, 9.17) is 0 Å². The highest BCUT2D eigenvalue weighted by molar-refractivity contribution is 6.03. The number of rotatable bonds is 4. The molecule has 4 N–H and O–H groups in total. The Hall–Kier alpha value is -6.04. The van der Waals surface area contributed by atoms with E-state index in [0.717, 1.165) is 11.1 Å². The quantitative estimate of drug-likeness (QED) is 0.275. The number of carbonyl (C=O) groups is 4. The Morgan fingerprint density at radius 3 is 1.28 bits per heavy atom. The molecule has 5 rings (SSSR count). The second kappa shape index (κ2) is 14.6. The zero-order chi connectivity index (χ0) is 32.5. The Morgan fingerprint density at radius 2 is 0.870 bits per heavy atom. The predicted molar refractivity (Wildman–Crippen MR) is 172 cm³/mol. The molecule has 2 atom stereocenters. The Morgan fingerprint density at radius 1 is 0.500 bits per heavy atom. The summed E-state index contributed by atoms with van der Waals surface area (Å²) in [7, 11) is 0. The fourth-order valence-electron chi connectivity index (χ4n) is 4.66. The van der Waals surface area contributed by atoms with Gasteiger partial charge in [0.05, 0.1) is 22.8 Å². The summed E-state index contributed by atoms with van der Waals surface area (Å²) < 4.78 is 0. The molecule has 1 aliphatic rings. The van der Waals surface area contributed by atoms with Crippen molar-refractivity contribution in [3.63, 3.8) is 0 Å². The lowest BCUT2D eigenvalue weighted by atomic mass is 10.0. The Balaban J connectivity index is 1.52. The van der Waals surface area contributed by atoms with Crippen LogP contribution in [-0.2, 0) is 22.4 Å². The maximum atomic E-state index is 13.4. The number of hydrogen-bond acceptors (Lipinski definition) is 8. The molecule has 0 radical (unpaired) electrons. The summed E-state index contributed by atoms with van der Waals surface area (Å²) in [5, 5.41) is 13.9. The van der Waals surface area contributed by atoms with Crippen LogP contribution in [0.4, 0.5) is 0 Å². The van der Waals surface area contributed by atoms with Gasteiger partial charge in [-0.2, -0.15) is 10.2 Å². The van der Waals surface area contributed by atoms with Gasteiger partial charge >= 0.3 is 0 Å². The first kappa shape index (κ1) is 31.4. The van der Waals surface area contributed by atoms with Crippen LogP contribution in [0.15, 0.2) is 107 Å². The van der Waals surface area contributed by atoms with Crippen molar-refractivity contribution in [1.82, 2.24) is 31.5 Å². The van der Waals surface area contributed by atoms with E-state index < -0.39 is 35.7 Å². The van der Waals surface area contributed by atoms with Gasteiger partial charge in [-0.15, -0.1) is 0 Å². The maximum absolute atomic E-state index is 13.4. The topological polar surface area (TPSA) is 167 Å². The van der Waals surface area contributed by atoms with E-state index in [1.54, 1.807) is 32.0 Å². The van der Waals surface area contributed by atoms with E-state index in [1.807, 2.05) is 60.7 Å². The first-order valence-electron chi connectivity index (χ1n) is 14.6. The molecule has 4 amide bonds. The standard InChI is InChI=1S/C34H32N8O4/c1-21-25-15-9-16-26(35-25)22(2)40-42-34(46)30(20-24-13-7-4-8-14-24)38-32(44)28-18-10-17-27(36-28)31(43)37-29(33(45)41-39-21)19-23-11-5-3-6-12-23/h3-18,29-30H,19-20H2,1-2H3,(H,37,43)(H,38,44)(H,41,45)(H,42,46)/b39-21+,40-22+/t29-,30-/m0/s1. The summed E-state index contributed by atoms with van der Waals surface area (Å²) in [5.74, 6) is -2.45. The molecule has 46 heavy (non-hydrogen) atoms. The first-order chi connectivity index (χ1) is 22.3. The van der Waals surface area contributed by atoms with Gasteiger partial charge in [-0.25, -0.2) is 20.8 Å². The van der Waals surface area contributed by atoms with Crippen molar-refractivity contribution in [2.75, 3.05) is 0 Å². The molecule has 0 fully saturated rings. The number of carbonyl (C=O) groups excluding carboxylic acids is 4. The SMILES string of the molecule is C/C1=N\NC(=O)[C@H](Cc2ccccc2)NC(=O)c2cccc(n2)C(=O)N[C@@H](Cc2ccccc2)C(=O)N/N=C(\C)c2cccc1n2. The number of aromatic nitrogens is 2. The lowest BCUT2D eigenvalue weighted by Gasteiger charge is -2.19.